The van der Waals surface area contributed by atoms with Crippen molar-refractivity contribution in [3.05, 3.63) is 86.0 Å². The summed E-state index contributed by atoms with van der Waals surface area (Å²) in [5, 5.41) is 3.02. The van der Waals surface area contributed by atoms with Gasteiger partial charge in [-0.05, 0) is 60.9 Å². The van der Waals surface area contributed by atoms with Crippen LogP contribution in [0.2, 0.25) is 5.15 Å². The van der Waals surface area contributed by atoms with Gasteiger partial charge in [0.05, 0.1) is 22.6 Å². The number of aryl methyl sites for hydroxylation is 1. The first-order valence-corrected chi connectivity index (χ1v) is 14.8. The van der Waals surface area contributed by atoms with Crippen LogP contribution in [0, 0.1) is 12.7 Å². The van der Waals surface area contributed by atoms with Crippen molar-refractivity contribution in [1.82, 2.24) is 24.2 Å². The van der Waals surface area contributed by atoms with Crippen LogP contribution in [0.25, 0.3) is 10.9 Å². The number of nitrogens with one attached hydrogen (secondary N) is 2. The van der Waals surface area contributed by atoms with Crippen LogP contribution in [-0.2, 0) is 30.2 Å². The van der Waals surface area contributed by atoms with Gasteiger partial charge >= 0.3 is 6.03 Å². The van der Waals surface area contributed by atoms with Gasteiger partial charge in [-0.1, -0.05) is 23.7 Å². The summed E-state index contributed by atoms with van der Waals surface area (Å²) in [5.74, 6) is 0.0946. The van der Waals surface area contributed by atoms with Gasteiger partial charge in [0, 0.05) is 39.8 Å². The first kappa shape index (κ1) is 29.3. The molecule has 2 amide bonds. The number of hydrogen-bond donors (Lipinski definition) is 2. The van der Waals surface area contributed by atoms with Gasteiger partial charge in [0.2, 0.25) is 11.0 Å². The second-order valence-electron chi connectivity index (χ2n) is 10.5. The molecule has 0 spiro atoms. The number of benzene rings is 2. The summed E-state index contributed by atoms with van der Waals surface area (Å²) < 4.78 is 43.5. The largest absolute Gasteiger partial charge is 0.376 e. The molecule has 0 saturated carbocycles. The van der Waals surface area contributed by atoms with Gasteiger partial charge < -0.3 is 15.1 Å². The highest BCUT2D eigenvalue weighted by molar-refractivity contribution is 7.90. The number of hydrogen-bond acceptors (Lipinski definition) is 8. The minimum Gasteiger partial charge on any atom is -0.376 e. The van der Waals surface area contributed by atoms with Crippen LogP contribution in [-0.4, -0.2) is 48.0 Å². The molecule has 5 rings (SSSR count). The van der Waals surface area contributed by atoms with Crippen LogP contribution >= 0.6 is 11.6 Å². The zero-order chi connectivity index (χ0) is 30.5. The summed E-state index contributed by atoms with van der Waals surface area (Å²) in [6.07, 6.45) is 0. The lowest BCUT2D eigenvalue weighted by Gasteiger charge is -2.23. The summed E-state index contributed by atoms with van der Waals surface area (Å²) in [6.45, 7) is 4.51. The minimum absolute atomic E-state index is 0.0758. The lowest BCUT2D eigenvalue weighted by atomic mass is 10.0. The van der Waals surface area contributed by atoms with E-state index in [0.717, 1.165) is 21.6 Å². The van der Waals surface area contributed by atoms with E-state index in [2.05, 4.69) is 10.3 Å². The van der Waals surface area contributed by atoms with Crippen LogP contribution in [0.1, 0.15) is 35.2 Å². The standard InChI is InChI=1S/C28H29ClFN7O4S/c1-15-10-20(16(2)31-22-8-9-23(29)32-25(22)42(40,41)34-28(39)35(3)4)24-21(11-15)26(38)36(5)27(33-24)37-13-17-6-7-19(30)12-18(17)14-37/h6-12,16,31H,13-14H2,1-5H3,(H,34,39)/t16-/m1/s1. The summed E-state index contributed by atoms with van der Waals surface area (Å²) in [5.41, 5.74) is 3.51. The van der Waals surface area contributed by atoms with Crippen molar-refractivity contribution in [2.24, 2.45) is 7.05 Å². The van der Waals surface area contributed by atoms with Crippen molar-refractivity contribution >= 4 is 50.2 Å². The Balaban J connectivity index is 1.56. The molecule has 1 aliphatic rings. The number of amides is 2. The molecule has 2 N–H and O–H groups in total. The molecule has 42 heavy (non-hydrogen) atoms. The second kappa shape index (κ2) is 10.9. The van der Waals surface area contributed by atoms with E-state index in [1.807, 2.05) is 22.6 Å². The summed E-state index contributed by atoms with van der Waals surface area (Å²) in [7, 11) is 0.0670. The van der Waals surface area contributed by atoms with Crippen molar-refractivity contribution < 1.29 is 17.6 Å². The van der Waals surface area contributed by atoms with E-state index in [-0.39, 0.29) is 22.2 Å². The zero-order valence-electron chi connectivity index (χ0n) is 23.6. The number of pyridine rings is 1. The van der Waals surface area contributed by atoms with Crippen LogP contribution in [0.5, 0.6) is 0 Å². The van der Waals surface area contributed by atoms with E-state index in [4.69, 9.17) is 16.6 Å². The number of carbonyl (C=O) groups excluding carboxylic acids is 1. The number of aromatic nitrogens is 3. The molecule has 0 bridgehead atoms. The summed E-state index contributed by atoms with van der Waals surface area (Å²) in [4.78, 5) is 37.6. The molecule has 0 radical (unpaired) electrons. The number of halogens is 2. The summed E-state index contributed by atoms with van der Waals surface area (Å²) in [6, 6.07) is 9.74. The SMILES string of the molecule is Cc1cc([C@@H](C)Nc2ccc(Cl)nc2S(=O)(=O)NC(=O)N(C)C)c2nc(N3Cc4ccc(F)cc4C3)n(C)c(=O)c2c1. The Morgan fingerprint density at radius 1 is 1.10 bits per heavy atom. The first-order valence-electron chi connectivity index (χ1n) is 13.0. The molecule has 1 atom stereocenters. The third-order valence-corrected chi connectivity index (χ3v) is 8.53. The minimum atomic E-state index is -4.40. The fourth-order valence-corrected chi connectivity index (χ4v) is 6.30. The van der Waals surface area contributed by atoms with Gasteiger partial charge in [-0.3, -0.25) is 9.36 Å². The third kappa shape index (κ3) is 5.49. The van der Waals surface area contributed by atoms with E-state index >= 15 is 0 Å². The van der Waals surface area contributed by atoms with Crippen LogP contribution in [0.4, 0.5) is 20.8 Å². The van der Waals surface area contributed by atoms with E-state index in [1.54, 1.807) is 26.1 Å². The maximum absolute atomic E-state index is 13.9. The van der Waals surface area contributed by atoms with E-state index in [9.17, 15) is 22.4 Å². The van der Waals surface area contributed by atoms with Gasteiger partial charge in [0.1, 0.15) is 11.0 Å². The number of carbonyl (C=O) groups is 1. The van der Waals surface area contributed by atoms with Gasteiger partial charge in [0.15, 0.2) is 0 Å². The normalized spacial score (nSPS) is 13.6. The third-order valence-electron chi connectivity index (χ3n) is 7.05. The molecule has 0 fully saturated rings. The van der Waals surface area contributed by atoms with E-state index < -0.39 is 27.1 Å². The predicted molar refractivity (Wildman–Crippen MR) is 159 cm³/mol. The van der Waals surface area contributed by atoms with Gasteiger partial charge in [-0.25, -0.2) is 23.9 Å². The highest BCUT2D eigenvalue weighted by Crippen LogP contribution is 2.32. The van der Waals surface area contributed by atoms with Crippen LogP contribution in [0.15, 0.2) is 52.3 Å². The topological polar surface area (TPSA) is 130 Å². The molecule has 2 aromatic heterocycles. The number of sulfonamides is 1. The lowest BCUT2D eigenvalue weighted by Crippen LogP contribution is -2.39. The molecular formula is C28H29ClFN7O4S. The molecule has 0 saturated heterocycles. The Bertz CT molecular complexity index is 1910. The molecule has 1 aliphatic heterocycles. The molecular weight excluding hydrogens is 585 g/mol. The molecule has 14 heteroatoms. The van der Waals surface area contributed by atoms with E-state index in [0.29, 0.717) is 35.5 Å². The summed E-state index contributed by atoms with van der Waals surface area (Å²) >= 11 is 6.03. The van der Waals surface area contributed by atoms with Crippen molar-refractivity contribution in [3.63, 3.8) is 0 Å². The van der Waals surface area contributed by atoms with Crippen molar-refractivity contribution in [2.75, 3.05) is 24.3 Å². The average molecular weight is 614 g/mol. The highest BCUT2D eigenvalue weighted by Gasteiger charge is 2.28. The van der Waals surface area contributed by atoms with Crippen LogP contribution in [0.3, 0.4) is 0 Å². The zero-order valence-corrected chi connectivity index (χ0v) is 25.1. The molecule has 2 aromatic carbocycles. The Hall–Kier alpha value is -4.23. The highest BCUT2D eigenvalue weighted by atomic mass is 35.5. The number of rotatable bonds is 6. The maximum Gasteiger partial charge on any atom is 0.330 e. The Labute approximate surface area is 247 Å². The fourth-order valence-electron chi connectivity index (χ4n) is 4.96. The quantitative estimate of drug-likeness (QED) is 0.311. The number of urea groups is 1. The predicted octanol–water partition coefficient (Wildman–Crippen LogP) is 4.08. The lowest BCUT2D eigenvalue weighted by molar-refractivity contribution is 0.223. The average Bonchev–Trinajstić information content (AvgIpc) is 3.34. The molecule has 3 heterocycles. The van der Waals surface area contributed by atoms with Crippen molar-refractivity contribution in [1.29, 1.82) is 0 Å². The molecule has 4 aromatic rings. The van der Waals surface area contributed by atoms with Crippen molar-refractivity contribution in [2.45, 2.75) is 38.0 Å². The van der Waals surface area contributed by atoms with Gasteiger partial charge in [-0.15, -0.1) is 0 Å². The number of fused-ring (bicyclic) bond motifs is 2. The second-order valence-corrected chi connectivity index (χ2v) is 12.4. The molecule has 11 nitrogen and oxygen atoms in total. The Morgan fingerprint density at radius 3 is 2.52 bits per heavy atom. The Morgan fingerprint density at radius 2 is 1.81 bits per heavy atom. The first-order chi connectivity index (χ1) is 19.7. The molecule has 0 aliphatic carbocycles. The Kier molecular flexibility index (Phi) is 7.58. The van der Waals surface area contributed by atoms with Gasteiger partial charge in [-0.2, -0.15) is 8.42 Å². The molecule has 220 valence electrons. The number of anilines is 2. The van der Waals surface area contributed by atoms with Crippen LogP contribution < -0.4 is 20.5 Å². The number of nitrogens with zero attached hydrogens (tertiary/aromatic N) is 5. The molecule has 0 unspecified atom stereocenters. The smallest absolute Gasteiger partial charge is 0.330 e. The van der Waals surface area contributed by atoms with Gasteiger partial charge in [0.25, 0.3) is 15.6 Å². The van der Waals surface area contributed by atoms with E-state index in [1.165, 1.54) is 42.9 Å². The monoisotopic (exact) mass is 613 g/mol. The fraction of sp³-hybridized carbons (Fsp3) is 0.286. The van der Waals surface area contributed by atoms with Crippen molar-refractivity contribution in [3.8, 4) is 0 Å². The maximum atomic E-state index is 13.9.